The molecule has 0 radical (unpaired) electrons. The Morgan fingerprint density at radius 1 is 1.26 bits per heavy atom. The van der Waals surface area contributed by atoms with Crippen molar-refractivity contribution in [3.63, 3.8) is 0 Å². The molecule has 0 amide bonds. The molecule has 0 unspecified atom stereocenters. The van der Waals surface area contributed by atoms with Gasteiger partial charge >= 0.3 is 5.97 Å². The number of carbonyl (C=O) groups excluding carboxylic acids is 1. The number of sulfonamides is 1. The molecule has 0 aliphatic rings. The topological polar surface area (TPSA) is 89.5 Å². The number of hydrogen-bond acceptors (Lipinski definition) is 6. The third kappa shape index (κ3) is 5.02. The van der Waals surface area contributed by atoms with Crippen molar-refractivity contribution in [2.24, 2.45) is 0 Å². The van der Waals surface area contributed by atoms with Crippen molar-refractivity contribution in [2.75, 3.05) is 18.0 Å². The van der Waals surface area contributed by atoms with Crippen LogP contribution in [0.4, 0.5) is 14.6 Å². The van der Waals surface area contributed by atoms with Gasteiger partial charge in [-0.15, -0.1) is 0 Å². The Kier molecular flexibility index (Phi) is 6.90. The number of benzene rings is 1. The molecule has 0 aliphatic heterocycles. The normalized spacial score (nSPS) is 11.5. The zero-order valence-corrected chi connectivity index (χ0v) is 16.1. The van der Waals surface area contributed by atoms with Gasteiger partial charge in [0.2, 0.25) is 10.0 Å². The summed E-state index contributed by atoms with van der Waals surface area (Å²) < 4.78 is 56.7. The predicted octanol–water partition coefficient (Wildman–Crippen LogP) is 3.17. The molecule has 2 rings (SSSR count). The number of rotatable bonds is 7. The van der Waals surface area contributed by atoms with Crippen LogP contribution in [0.25, 0.3) is 0 Å². The van der Waals surface area contributed by atoms with E-state index in [2.05, 4.69) is 14.7 Å². The van der Waals surface area contributed by atoms with E-state index in [-0.39, 0.29) is 15.6 Å². The summed E-state index contributed by atoms with van der Waals surface area (Å²) in [6, 6.07) is 4.32. The first-order valence-electron chi connectivity index (χ1n) is 7.28. The van der Waals surface area contributed by atoms with E-state index in [0.29, 0.717) is 4.31 Å². The minimum atomic E-state index is -4.43. The smallest absolute Gasteiger partial charge is 0.360 e. The van der Waals surface area contributed by atoms with Crippen LogP contribution in [0.3, 0.4) is 0 Å². The first-order chi connectivity index (χ1) is 12.7. The van der Waals surface area contributed by atoms with Crippen molar-refractivity contribution in [2.45, 2.75) is 12.2 Å². The Hall–Kier alpha value is -2.04. The zero-order chi connectivity index (χ0) is 20.2. The van der Waals surface area contributed by atoms with Crippen molar-refractivity contribution >= 4 is 45.0 Å². The number of methoxy groups -OCH3 is 1. The fourth-order valence-corrected chi connectivity index (χ4v) is 4.14. The van der Waals surface area contributed by atoms with Crippen molar-refractivity contribution in [1.82, 2.24) is 9.97 Å². The average Bonchev–Trinajstić information content (AvgIpc) is 2.62. The number of hydrogen-bond donors (Lipinski definition) is 0. The van der Waals surface area contributed by atoms with E-state index in [4.69, 9.17) is 23.2 Å². The predicted molar refractivity (Wildman–Crippen MR) is 95.8 cm³/mol. The van der Waals surface area contributed by atoms with Gasteiger partial charge < -0.3 is 4.74 Å². The molecule has 0 fully saturated rings. The Morgan fingerprint density at radius 3 is 2.56 bits per heavy atom. The number of ether oxygens (including phenoxy) is 1. The lowest BCUT2D eigenvalue weighted by Gasteiger charge is -2.24. The molecule has 12 heteroatoms. The van der Waals surface area contributed by atoms with Gasteiger partial charge in [-0.2, -0.15) is 0 Å². The summed E-state index contributed by atoms with van der Waals surface area (Å²) >= 11 is 11.9. The molecule has 27 heavy (non-hydrogen) atoms. The number of alkyl halides is 2. The molecule has 0 bridgehead atoms. The summed E-state index contributed by atoms with van der Waals surface area (Å²) in [4.78, 5) is 19.3. The van der Waals surface area contributed by atoms with E-state index in [1.54, 1.807) is 0 Å². The van der Waals surface area contributed by atoms with Crippen LogP contribution in [-0.2, 0) is 20.5 Å². The van der Waals surface area contributed by atoms with Crippen LogP contribution in [0, 0.1) is 0 Å². The minimum absolute atomic E-state index is 0.0212. The van der Waals surface area contributed by atoms with E-state index in [1.807, 2.05) is 0 Å². The van der Waals surface area contributed by atoms with Crippen LogP contribution in [-0.4, -0.2) is 44.4 Å². The molecule has 1 aromatic heterocycles. The van der Waals surface area contributed by atoms with Gasteiger partial charge in [-0.05, 0) is 11.6 Å². The molecule has 0 saturated carbocycles. The van der Waals surface area contributed by atoms with E-state index in [0.717, 1.165) is 19.5 Å². The Morgan fingerprint density at radius 2 is 1.93 bits per heavy atom. The van der Waals surface area contributed by atoms with E-state index < -0.39 is 46.2 Å². The molecule has 7 nitrogen and oxygen atoms in total. The van der Waals surface area contributed by atoms with Gasteiger partial charge in [-0.1, -0.05) is 35.3 Å². The lowest BCUT2D eigenvalue weighted by molar-refractivity contribution is 0.0594. The quantitative estimate of drug-likeness (QED) is 0.615. The Bertz CT molecular complexity index is 944. The highest BCUT2D eigenvalue weighted by Crippen LogP contribution is 2.29. The van der Waals surface area contributed by atoms with Crippen molar-refractivity contribution in [3.05, 3.63) is 51.9 Å². The third-order valence-corrected chi connectivity index (χ3v) is 5.83. The summed E-state index contributed by atoms with van der Waals surface area (Å²) in [5.41, 5.74) is -0.409. The van der Waals surface area contributed by atoms with Crippen LogP contribution in [0.2, 0.25) is 10.0 Å². The molecule has 1 aromatic carbocycles. The maximum atomic E-state index is 13.1. The number of nitrogens with zero attached hydrogens (tertiary/aromatic N) is 3. The Labute approximate surface area is 163 Å². The monoisotopic (exact) mass is 439 g/mol. The molecular formula is C15H13Cl2F2N3O4S. The SMILES string of the molecule is COC(=O)c1nccnc1N(CC(F)F)S(=O)(=O)Cc1cccc(Cl)c1Cl. The summed E-state index contributed by atoms with van der Waals surface area (Å²) in [6.07, 6.45) is -0.860. The summed E-state index contributed by atoms with van der Waals surface area (Å²) in [6.45, 7) is -1.23. The highest BCUT2D eigenvalue weighted by atomic mass is 35.5. The van der Waals surface area contributed by atoms with Gasteiger partial charge in [0.15, 0.2) is 11.5 Å². The van der Waals surface area contributed by atoms with Gasteiger partial charge in [0.05, 0.1) is 29.5 Å². The highest BCUT2D eigenvalue weighted by Gasteiger charge is 2.32. The molecule has 0 saturated heterocycles. The summed E-state index contributed by atoms with van der Waals surface area (Å²) in [5, 5.41) is 0.0894. The number of anilines is 1. The maximum absolute atomic E-state index is 13.1. The lowest BCUT2D eigenvalue weighted by atomic mass is 10.2. The van der Waals surface area contributed by atoms with Gasteiger partial charge in [-0.25, -0.2) is 36.3 Å². The largest absolute Gasteiger partial charge is 0.464 e. The van der Waals surface area contributed by atoms with Gasteiger partial charge in [0.1, 0.15) is 0 Å². The van der Waals surface area contributed by atoms with Crippen LogP contribution in [0.5, 0.6) is 0 Å². The second kappa shape index (κ2) is 8.77. The fourth-order valence-electron chi connectivity index (χ4n) is 2.15. The minimum Gasteiger partial charge on any atom is -0.464 e. The first-order valence-corrected chi connectivity index (χ1v) is 9.64. The number of aromatic nitrogens is 2. The van der Waals surface area contributed by atoms with Crippen LogP contribution < -0.4 is 4.31 Å². The van der Waals surface area contributed by atoms with Crippen LogP contribution >= 0.6 is 23.2 Å². The number of halogens is 4. The van der Waals surface area contributed by atoms with E-state index >= 15 is 0 Å². The highest BCUT2D eigenvalue weighted by molar-refractivity contribution is 7.92. The molecule has 0 aliphatic carbocycles. The number of carbonyl (C=O) groups is 1. The molecule has 1 heterocycles. The molecular weight excluding hydrogens is 427 g/mol. The van der Waals surface area contributed by atoms with Crippen molar-refractivity contribution < 1.29 is 26.7 Å². The number of esters is 1. The lowest BCUT2D eigenvalue weighted by Crippen LogP contribution is -2.38. The molecule has 0 N–H and O–H groups in total. The average molecular weight is 440 g/mol. The zero-order valence-electron chi connectivity index (χ0n) is 13.8. The van der Waals surface area contributed by atoms with E-state index in [9.17, 15) is 22.0 Å². The van der Waals surface area contributed by atoms with Gasteiger partial charge in [0, 0.05) is 12.4 Å². The molecule has 0 atom stereocenters. The third-order valence-electron chi connectivity index (χ3n) is 3.30. The van der Waals surface area contributed by atoms with Crippen LogP contribution in [0.15, 0.2) is 30.6 Å². The fraction of sp³-hybridized carbons (Fsp3) is 0.267. The second-order valence-corrected chi connectivity index (χ2v) is 7.79. The van der Waals surface area contributed by atoms with Crippen molar-refractivity contribution in [1.29, 1.82) is 0 Å². The van der Waals surface area contributed by atoms with Gasteiger partial charge in [-0.3, -0.25) is 0 Å². The molecule has 0 spiro atoms. The summed E-state index contributed by atoms with van der Waals surface area (Å²) in [5.74, 6) is -2.33. The Balaban J connectivity index is 2.53. The van der Waals surface area contributed by atoms with Crippen LogP contribution in [0.1, 0.15) is 16.1 Å². The first kappa shape index (κ1) is 21.3. The second-order valence-electron chi connectivity index (χ2n) is 5.11. The summed E-state index contributed by atoms with van der Waals surface area (Å²) in [7, 11) is -3.39. The van der Waals surface area contributed by atoms with Gasteiger partial charge in [0.25, 0.3) is 6.43 Å². The standard InChI is InChI=1S/C15H13Cl2F2N3O4S/c1-26-15(23)13-14(21-6-5-20-13)22(7-11(18)19)27(24,25)8-9-3-2-4-10(16)12(9)17/h2-6,11H,7-8H2,1H3. The van der Waals surface area contributed by atoms with E-state index in [1.165, 1.54) is 18.2 Å². The van der Waals surface area contributed by atoms with Crippen molar-refractivity contribution in [3.8, 4) is 0 Å². The molecule has 2 aromatic rings. The maximum Gasteiger partial charge on any atom is 0.360 e. The molecule has 146 valence electrons.